The van der Waals surface area contributed by atoms with Gasteiger partial charge in [-0.3, -0.25) is 0 Å². The lowest BCUT2D eigenvalue weighted by Gasteiger charge is -2.09. The first-order valence-electron chi connectivity index (χ1n) is 6.64. The Balaban J connectivity index is 1.63. The topological polar surface area (TPSA) is 58.5 Å². The predicted octanol–water partition coefficient (Wildman–Crippen LogP) is 2.45. The van der Waals surface area contributed by atoms with Gasteiger partial charge in [0.15, 0.2) is 0 Å². The average molecular weight is 267 g/mol. The van der Waals surface area contributed by atoms with Gasteiger partial charge in [-0.15, -0.1) is 0 Å². The van der Waals surface area contributed by atoms with Crippen molar-refractivity contribution < 1.29 is 0 Å². The zero-order valence-electron chi connectivity index (χ0n) is 11.3. The van der Waals surface area contributed by atoms with E-state index in [1.54, 1.807) is 6.20 Å². The fraction of sp³-hybridized carbons (Fsp3) is 0.200. The molecule has 3 rings (SSSR count). The Morgan fingerprint density at radius 1 is 1.30 bits per heavy atom. The summed E-state index contributed by atoms with van der Waals surface area (Å²) in [6.07, 6.45) is 7.52. The zero-order chi connectivity index (χ0) is 13.8. The molecule has 0 saturated heterocycles. The minimum Gasteiger partial charge on any atom is -0.347 e. The Hall–Kier alpha value is -2.40. The van der Waals surface area contributed by atoms with Gasteiger partial charge in [0.2, 0.25) is 0 Å². The van der Waals surface area contributed by atoms with Gasteiger partial charge in [0.25, 0.3) is 0 Å². The van der Waals surface area contributed by atoms with Crippen LogP contribution in [0.5, 0.6) is 0 Å². The SMILES string of the molecule is CC(NCc1cnn(-c2ccccc2)c1)c1ncc[nH]1. The summed E-state index contributed by atoms with van der Waals surface area (Å²) in [5, 5.41) is 7.80. The molecular formula is C15H17N5. The third-order valence-corrected chi connectivity index (χ3v) is 3.20. The molecule has 0 spiro atoms. The predicted molar refractivity (Wildman–Crippen MR) is 77.4 cm³/mol. The first kappa shape index (κ1) is 12.6. The number of imidazole rings is 1. The number of benzene rings is 1. The number of hydrogen-bond acceptors (Lipinski definition) is 3. The Kier molecular flexibility index (Phi) is 3.60. The highest BCUT2D eigenvalue weighted by molar-refractivity contribution is 5.30. The van der Waals surface area contributed by atoms with Gasteiger partial charge in [-0.05, 0) is 19.1 Å². The number of nitrogens with one attached hydrogen (secondary N) is 2. The molecule has 5 nitrogen and oxygen atoms in total. The van der Waals surface area contributed by atoms with E-state index in [1.165, 1.54) is 0 Å². The Morgan fingerprint density at radius 2 is 2.15 bits per heavy atom. The molecule has 1 atom stereocenters. The van der Waals surface area contributed by atoms with Crippen LogP contribution in [0.3, 0.4) is 0 Å². The third kappa shape index (κ3) is 2.78. The quantitative estimate of drug-likeness (QED) is 0.746. The van der Waals surface area contributed by atoms with E-state index in [1.807, 2.05) is 53.6 Å². The van der Waals surface area contributed by atoms with Gasteiger partial charge in [-0.25, -0.2) is 9.67 Å². The van der Waals surface area contributed by atoms with Gasteiger partial charge in [-0.2, -0.15) is 5.10 Å². The molecule has 1 aromatic carbocycles. The molecule has 1 unspecified atom stereocenters. The maximum Gasteiger partial charge on any atom is 0.122 e. The van der Waals surface area contributed by atoms with Crippen LogP contribution in [0.25, 0.3) is 5.69 Å². The number of para-hydroxylation sites is 1. The van der Waals surface area contributed by atoms with Crippen molar-refractivity contribution in [3.8, 4) is 5.69 Å². The molecule has 2 aromatic heterocycles. The molecule has 0 aliphatic carbocycles. The molecule has 0 bridgehead atoms. The second kappa shape index (κ2) is 5.71. The summed E-state index contributed by atoms with van der Waals surface area (Å²) in [6, 6.07) is 10.3. The van der Waals surface area contributed by atoms with Crippen molar-refractivity contribution in [1.82, 2.24) is 25.1 Å². The van der Waals surface area contributed by atoms with E-state index in [0.717, 1.165) is 23.6 Å². The maximum atomic E-state index is 4.38. The summed E-state index contributed by atoms with van der Waals surface area (Å²) >= 11 is 0. The standard InChI is InChI=1S/C15H17N5/c1-12(15-16-7-8-17-15)18-9-13-10-19-20(11-13)14-5-3-2-4-6-14/h2-8,10-12,18H,9H2,1H3,(H,16,17). The summed E-state index contributed by atoms with van der Waals surface area (Å²) in [4.78, 5) is 7.35. The van der Waals surface area contributed by atoms with E-state index in [2.05, 4.69) is 27.3 Å². The molecule has 0 aliphatic heterocycles. The highest BCUT2D eigenvalue weighted by Gasteiger charge is 2.07. The largest absolute Gasteiger partial charge is 0.347 e. The van der Waals surface area contributed by atoms with E-state index in [0.29, 0.717) is 0 Å². The molecule has 0 radical (unpaired) electrons. The lowest BCUT2D eigenvalue weighted by molar-refractivity contribution is 0.551. The van der Waals surface area contributed by atoms with Crippen molar-refractivity contribution in [3.63, 3.8) is 0 Å². The van der Waals surface area contributed by atoms with Gasteiger partial charge in [0.1, 0.15) is 5.82 Å². The number of hydrogen-bond donors (Lipinski definition) is 2. The maximum absolute atomic E-state index is 4.38. The van der Waals surface area contributed by atoms with Crippen molar-refractivity contribution in [2.75, 3.05) is 0 Å². The molecule has 2 N–H and O–H groups in total. The van der Waals surface area contributed by atoms with Crippen molar-refractivity contribution in [2.45, 2.75) is 19.5 Å². The molecule has 0 fully saturated rings. The molecule has 0 amide bonds. The van der Waals surface area contributed by atoms with Gasteiger partial charge in [0, 0.05) is 30.7 Å². The zero-order valence-corrected chi connectivity index (χ0v) is 11.3. The van der Waals surface area contributed by atoms with Crippen molar-refractivity contribution in [2.24, 2.45) is 0 Å². The smallest absolute Gasteiger partial charge is 0.122 e. The fourth-order valence-electron chi connectivity index (χ4n) is 2.06. The molecular weight excluding hydrogens is 250 g/mol. The highest BCUT2D eigenvalue weighted by Crippen LogP contribution is 2.10. The van der Waals surface area contributed by atoms with Crippen LogP contribution in [-0.2, 0) is 6.54 Å². The molecule has 0 aliphatic rings. The minimum absolute atomic E-state index is 0.185. The molecule has 0 saturated carbocycles. The lowest BCUT2D eigenvalue weighted by atomic mass is 10.3. The Bertz CT molecular complexity index is 642. The second-order valence-corrected chi connectivity index (χ2v) is 4.71. The monoisotopic (exact) mass is 267 g/mol. The molecule has 2 heterocycles. The van der Waals surface area contributed by atoms with Crippen LogP contribution in [0.15, 0.2) is 55.1 Å². The highest BCUT2D eigenvalue weighted by atomic mass is 15.3. The number of H-pyrrole nitrogens is 1. The van der Waals surface area contributed by atoms with Crippen LogP contribution in [0, 0.1) is 0 Å². The summed E-state index contributed by atoms with van der Waals surface area (Å²) in [5.41, 5.74) is 2.21. The summed E-state index contributed by atoms with van der Waals surface area (Å²) < 4.78 is 1.88. The van der Waals surface area contributed by atoms with Gasteiger partial charge >= 0.3 is 0 Å². The average Bonchev–Trinajstić information content (AvgIpc) is 3.17. The van der Waals surface area contributed by atoms with E-state index in [9.17, 15) is 0 Å². The Labute approximate surface area is 117 Å². The van der Waals surface area contributed by atoms with Crippen LogP contribution in [0.2, 0.25) is 0 Å². The van der Waals surface area contributed by atoms with Crippen LogP contribution in [0.1, 0.15) is 24.4 Å². The Morgan fingerprint density at radius 3 is 2.90 bits per heavy atom. The van der Waals surface area contributed by atoms with E-state index in [4.69, 9.17) is 0 Å². The van der Waals surface area contributed by atoms with E-state index >= 15 is 0 Å². The van der Waals surface area contributed by atoms with Crippen LogP contribution in [0.4, 0.5) is 0 Å². The third-order valence-electron chi connectivity index (χ3n) is 3.20. The van der Waals surface area contributed by atoms with Crippen LogP contribution < -0.4 is 5.32 Å². The van der Waals surface area contributed by atoms with Crippen molar-refractivity contribution in [3.05, 3.63) is 66.5 Å². The van der Waals surface area contributed by atoms with Crippen LogP contribution >= 0.6 is 0 Å². The second-order valence-electron chi connectivity index (χ2n) is 4.71. The molecule has 20 heavy (non-hydrogen) atoms. The summed E-state index contributed by atoms with van der Waals surface area (Å²) in [5.74, 6) is 0.945. The minimum atomic E-state index is 0.185. The van der Waals surface area contributed by atoms with E-state index in [-0.39, 0.29) is 6.04 Å². The number of rotatable bonds is 5. The first-order valence-corrected chi connectivity index (χ1v) is 6.64. The first-order chi connectivity index (χ1) is 9.83. The summed E-state index contributed by atoms with van der Waals surface area (Å²) in [7, 11) is 0. The lowest BCUT2D eigenvalue weighted by Crippen LogP contribution is -2.18. The van der Waals surface area contributed by atoms with Gasteiger partial charge in [0.05, 0.1) is 17.9 Å². The van der Waals surface area contributed by atoms with Gasteiger partial charge in [-0.1, -0.05) is 18.2 Å². The van der Waals surface area contributed by atoms with E-state index < -0.39 is 0 Å². The van der Waals surface area contributed by atoms with Crippen LogP contribution in [-0.4, -0.2) is 19.7 Å². The molecule has 5 heteroatoms. The fourth-order valence-corrected chi connectivity index (χ4v) is 2.06. The normalized spacial score (nSPS) is 12.4. The number of nitrogens with zero attached hydrogens (tertiary/aromatic N) is 3. The van der Waals surface area contributed by atoms with Crippen molar-refractivity contribution >= 4 is 0 Å². The number of aromatic amines is 1. The molecule has 102 valence electrons. The molecule has 3 aromatic rings. The number of aromatic nitrogens is 4. The van der Waals surface area contributed by atoms with Gasteiger partial charge < -0.3 is 10.3 Å². The van der Waals surface area contributed by atoms with Crippen molar-refractivity contribution in [1.29, 1.82) is 0 Å². The summed E-state index contributed by atoms with van der Waals surface area (Å²) in [6.45, 7) is 2.84.